The summed E-state index contributed by atoms with van der Waals surface area (Å²) in [7, 11) is 0. The van der Waals surface area contributed by atoms with Crippen LogP contribution in [0.25, 0.3) is 16.6 Å². The second-order valence-electron chi connectivity index (χ2n) is 6.33. The molecule has 27 heavy (non-hydrogen) atoms. The predicted molar refractivity (Wildman–Crippen MR) is 106 cm³/mol. The van der Waals surface area contributed by atoms with Crippen molar-refractivity contribution in [2.24, 2.45) is 0 Å². The van der Waals surface area contributed by atoms with Crippen molar-refractivity contribution in [3.63, 3.8) is 0 Å². The van der Waals surface area contributed by atoms with Crippen molar-refractivity contribution >= 4 is 23.1 Å². The minimum absolute atomic E-state index is 0.179. The SMILES string of the molecule is Cc1cc(NC(=O)c2ccc(C)c(C)c2)n(-c2nc(-c3ccco3)cs2)n1. The van der Waals surface area contributed by atoms with Crippen molar-refractivity contribution in [2.75, 3.05) is 5.32 Å². The molecule has 4 rings (SSSR count). The summed E-state index contributed by atoms with van der Waals surface area (Å²) >= 11 is 1.43. The molecule has 0 fully saturated rings. The molecule has 0 spiro atoms. The average Bonchev–Trinajstić information content (AvgIpc) is 3.37. The summed E-state index contributed by atoms with van der Waals surface area (Å²) in [4.78, 5) is 17.3. The Hall–Kier alpha value is -3.19. The molecule has 6 nitrogen and oxygen atoms in total. The van der Waals surface area contributed by atoms with Gasteiger partial charge < -0.3 is 9.73 Å². The highest BCUT2D eigenvalue weighted by Crippen LogP contribution is 2.27. The first kappa shape index (κ1) is 17.2. The van der Waals surface area contributed by atoms with Crippen LogP contribution in [0.2, 0.25) is 0 Å². The summed E-state index contributed by atoms with van der Waals surface area (Å²) in [6.07, 6.45) is 1.61. The van der Waals surface area contributed by atoms with Crippen LogP contribution in [0.4, 0.5) is 5.82 Å². The second-order valence-corrected chi connectivity index (χ2v) is 7.17. The highest BCUT2D eigenvalue weighted by molar-refractivity contribution is 7.12. The summed E-state index contributed by atoms with van der Waals surface area (Å²) in [5.41, 5.74) is 4.37. The first-order valence-corrected chi connectivity index (χ1v) is 9.34. The number of furan rings is 1. The fourth-order valence-electron chi connectivity index (χ4n) is 2.70. The van der Waals surface area contributed by atoms with Crippen LogP contribution in [-0.4, -0.2) is 20.7 Å². The monoisotopic (exact) mass is 378 g/mol. The van der Waals surface area contributed by atoms with Crippen molar-refractivity contribution < 1.29 is 9.21 Å². The van der Waals surface area contributed by atoms with Gasteiger partial charge in [-0.2, -0.15) is 9.78 Å². The van der Waals surface area contributed by atoms with E-state index >= 15 is 0 Å². The van der Waals surface area contributed by atoms with E-state index in [4.69, 9.17) is 4.42 Å². The molecule has 0 saturated heterocycles. The van der Waals surface area contributed by atoms with E-state index in [9.17, 15) is 4.79 Å². The number of benzene rings is 1. The van der Waals surface area contributed by atoms with Crippen LogP contribution < -0.4 is 5.32 Å². The zero-order valence-corrected chi connectivity index (χ0v) is 16.0. The molecule has 1 N–H and O–H groups in total. The summed E-state index contributed by atoms with van der Waals surface area (Å²) in [5.74, 6) is 1.10. The van der Waals surface area contributed by atoms with Gasteiger partial charge in [-0.3, -0.25) is 4.79 Å². The maximum atomic E-state index is 12.7. The van der Waals surface area contributed by atoms with Crippen LogP contribution in [0.5, 0.6) is 0 Å². The van der Waals surface area contributed by atoms with E-state index in [2.05, 4.69) is 15.4 Å². The van der Waals surface area contributed by atoms with E-state index in [1.54, 1.807) is 10.9 Å². The van der Waals surface area contributed by atoms with Gasteiger partial charge in [0.2, 0.25) is 5.13 Å². The van der Waals surface area contributed by atoms with Crippen LogP contribution >= 0.6 is 11.3 Å². The van der Waals surface area contributed by atoms with Gasteiger partial charge in [-0.1, -0.05) is 6.07 Å². The minimum Gasteiger partial charge on any atom is -0.463 e. The molecule has 0 unspecified atom stereocenters. The van der Waals surface area contributed by atoms with Crippen LogP contribution in [0.1, 0.15) is 27.2 Å². The lowest BCUT2D eigenvalue weighted by molar-refractivity contribution is 0.102. The first-order chi connectivity index (χ1) is 13.0. The standard InChI is InChI=1S/C20H18N4O2S/c1-12-6-7-15(9-13(12)2)19(25)22-18-10-14(3)23-24(18)20-21-16(11-27-20)17-5-4-8-26-17/h4-11H,1-3H3,(H,22,25). The maximum Gasteiger partial charge on any atom is 0.256 e. The van der Waals surface area contributed by atoms with Crippen LogP contribution in [0.3, 0.4) is 0 Å². The normalized spacial score (nSPS) is 10.9. The number of aryl methyl sites for hydroxylation is 3. The Bertz CT molecular complexity index is 1110. The van der Waals surface area contributed by atoms with Crippen LogP contribution in [0.15, 0.2) is 52.5 Å². The third-order valence-corrected chi connectivity index (χ3v) is 5.11. The first-order valence-electron chi connectivity index (χ1n) is 8.46. The van der Waals surface area contributed by atoms with Gasteiger partial charge in [-0.05, 0) is 56.2 Å². The van der Waals surface area contributed by atoms with E-state index in [1.807, 2.05) is 62.5 Å². The molecule has 0 saturated carbocycles. The number of nitrogens with one attached hydrogen (secondary N) is 1. The van der Waals surface area contributed by atoms with Gasteiger partial charge in [-0.15, -0.1) is 11.3 Å². The minimum atomic E-state index is -0.179. The number of hydrogen-bond donors (Lipinski definition) is 1. The average molecular weight is 378 g/mol. The van der Waals surface area contributed by atoms with E-state index in [0.717, 1.165) is 22.5 Å². The highest BCUT2D eigenvalue weighted by atomic mass is 32.1. The Kier molecular flexibility index (Phi) is 4.37. The topological polar surface area (TPSA) is 73.0 Å². The molecule has 136 valence electrons. The number of aromatic nitrogens is 3. The summed E-state index contributed by atoms with van der Waals surface area (Å²) in [6.45, 7) is 5.89. The summed E-state index contributed by atoms with van der Waals surface area (Å²) < 4.78 is 7.04. The zero-order chi connectivity index (χ0) is 19.0. The molecule has 4 aromatic rings. The predicted octanol–water partition coefficient (Wildman–Crippen LogP) is 4.77. The molecule has 1 amide bonds. The van der Waals surface area contributed by atoms with Crippen molar-refractivity contribution in [3.8, 4) is 16.6 Å². The lowest BCUT2D eigenvalue weighted by Crippen LogP contribution is -2.15. The number of thiazole rings is 1. The number of carbonyl (C=O) groups is 1. The number of nitrogens with zero attached hydrogens (tertiary/aromatic N) is 3. The van der Waals surface area contributed by atoms with Gasteiger partial charge in [0.25, 0.3) is 5.91 Å². The molecule has 0 atom stereocenters. The molecular weight excluding hydrogens is 360 g/mol. The third-order valence-electron chi connectivity index (χ3n) is 4.29. The molecule has 0 aliphatic rings. The molecule has 0 aliphatic carbocycles. The van der Waals surface area contributed by atoms with Crippen molar-refractivity contribution in [1.82, 2.24) is 14.8 Å². The number of hydrogen-bond acceptors (Lipinski definition) is 5. The van der Waals surface area contributed by atoms with Crippen LogP contribution in [-0.2, 0) is 0 Å². The Labute approximate surface area is 160 Å². The van der Waals surface area contributed by atoms with Crippen molar-refractivity contribution in [1.29, 1.82) is 0 Å². The molecule has 3 aromatic heterocycles. The maximum absolute atomic E-state index is 12.7. The number of anilines is 1. The largest absolute Gasteiger partial charge is 0.463 e. The van der Waals surface area contributed by atoms with E-state index in [1.165, 1.54) is 11.3 Å². The Morgan fingerprint density at radius 3 is 2.74 bits per heavy atom. The number of amides is 1. The fourth-order valence-corrected chi connectivity index (χ4v) is 3.48. The Balaban J connectivity index is 1.63. The lowest BCUT2D eigenvalue weighted by Gasteiger charge is -2.08. The van der Waals surface area contributed by atoms with E-state index in [-0.39, 0.29) is 5.91 Å². The summed E-state index contributed by atoms with van der Waals surface area (Å²) in [6, 6.07) is 11.2. The molecule has 3 heterocycles. The second kappa shape index (κ2) is 6.85. The lowest BCUT2D eigenvalue weighted by atomic mass is 10.1. The molecule has 1 aromatic carbocycles. The molecule has 0 aliphatic heterocycles. The molecular formula is C20H18N4O2S. The molecule has 7 heteroatoms. The zero-order valence-electron chi connectivity index (χ0n) is 15.2. The van der Waals surface area contributed by atoms with Gasteiger partial charge in [-0.25, -0.2) is 4.98 Å². The van der Waals surface area contributed by atoms with Gasteiger partial charge in [0.05, 0.1) is 12.0 Å². The smallest absolute Gasteiger partial charge is 0.256 e. The third kappa shape index (κ3) is 3.41. The Morgan fingerprint density at radius 1 is 1.15 bits per heavy atom. The van der Waals surface area contributed by atoms with Crippen LogP contribution in [0, 0.1) is 20.8 Å². The highest BCUT2D eigenvalue weighted by Gasteiger charge is 2.16. The van der Waals surface area contributed by atoms with Gasteiger partial charge >= 0.3 is 0 Å². The van der Waals surface area contributed by atoms with Gasteiger partial charge in [0, 0.05) is 17.0 Å². The number of rotatable bonds is 4. The van der Waals surface area contributed by atoms with E-state index < -0.39 is 0 Å². The van der Waals surface area contributed by atoms with E-state index in [0.29, 0.717) is 22.3 Å². The number of carbonyl (C=O) groups excluding carboxylic acids is 1. The Morgan fingerprint density at radius 2 is 2.00 bits per heavy atom. The van der Waals surface area contributed by atoms with Gasteiger partial charge in [0.1, 0.15) is 11.5 Å². The molecule has 0 bridgehead atoms. The van der Waals surface area contributed by atoms with Gasteiger partial charge in [0.15, 0.2) is 5.76 Å². The summed E-state index contributed by atoms with van der Waals surface area (Å²) in [5, 5.41) is 9.97. The van der Waals surface area contributed by atoms with Crippen molar-refractivity contribution in [2.45, 2.75) is 20.8 Å². The molecule has 0 radical (unpaired) electrons. The fraction of sp³-hybridized carbons (Fsp3) is 0.150. The van der Waals surface area contributed by atoms with Crippen molar-refractivity contribution in [3.05, 3.63) is 70.4 Å². The quantitative estimate of drug-likeness (QED) is 0.555.